The van der Waals surface area contributed by atoms with Gasteiger partial charge in [0, 0.05) is 12.6 Å². The average Bonchev–Trinajstić information content (AvgIpc) is 2.53. The number of hydrogen-bond acceptors (Lipinski definition) is 3. The standard InChI is InChI=1S/C21H25NO2/c1-15-8-10-18(11-9-15)17(3)22-13-12-20(22)21(23)24-14-19-7-5-4-6-16(19)2/h4-11,17,20H,12-14H2,1-3H3. The highest BCUT2D eigenvalue weighted by molar-refractivity contribution is 5.77. The Hall–Kier alpha value is -2.13. The van der Waals surface area contributed by atoms with Gasteiger partial charge in [0.25, 0.3) is 0 Å². The first-order valence-corrected chi connectivity index (χ1v) is 8.59. The summed E-state index contributed by atoms with van der Waals surface area (Å²) in [5.41, 5.74) is 4.73. The summed E-state index contributed by atoms with van der Waals surface area (Å²) in [5.74, 6) is -0.108. The molecular weight excluding hydrogens is 298 g/mol. The molecular formula is C21H25NO2. The van der Waals surface area contributed by atoms with Crippen LogP contribution in [0.1, 0.15) is 41.6 Å². The minimum Gasteiger partial charge on any atom is -0.460 e. The number of ether oxygens (including phenoxy) is 1. The van der Waals surface area contributed by atoms with Crippen LogP contribution in [0.5, 0.6) is 0 Å². The van der Waals surface area contributed by atoms with E-state index in [0.29, 0.717) is 6.61 Å². The summed E-state index contributed by atoms with van der Waals surface area (Å²) in [4.78, 5) is 14.7. The maximum atomic E-state index is 12.4. The maximum absolute atomic E-state index is 12.4. The molecule has 0 aliphatic carbocycles. The first kappa shape index (κ1) is 16.7. The molecule has 2 unspecified atom stereocenters. The highest BCUT2D eigenvalue weighted by Gasteiger charge is 2.38. The molecule has 0 radical (unpaired) electrons. The number of rotatable bonds is 5. The van der Waals surface area contributed by atoms with Gasteiger partial charge in [-0.3, -0.25) is 9.69 Å². The molecule has 1 aliphatic rings. The molecule has 1 aliphatic heterocycles. The highest BCUT2D eigenvalue weighted by Crippen LogP contribution is 2.31. The first-order valence-electron chi connectivity index (χ1n) is 8.59. The number of nitrogens with zero attached hydrogens (tertiary/aromatic N) is 1. The van der Waals surface area contributed by atoms with E-state index in [-0.39, 0.29) is 18.1 Å². The van der Waals surface area contributed by atoms with E-state index in [1.807, 2.05) is 31.2 Å². The van der Waals surface area contributed by atoms with Crippen LogP contribution in [0.4, 0.5) is 0 Å². The quantitative estimate of drug-likeness (QED) is 0.773. The van der Waals surface area contributed by atoms with Crippen molar-refractivity contribution in [3.63, 3.8) is 0 Å². The van der Waals surface area contributed by atoms with Crippen molar-refractivity contribution in [3.8, 4) is 0 Å². The fourth-order valence-electron chi connectivity index (χ4n) is 3.18. The Bertz CT molecular complexity index is 708. The molecule has 3 rings (SSSR count). The zero-order chi connectivity index (χ0) is 17.1. The molecule has 2 aromatic rings. The molecule has 2 aromatic carbocycles. The van der Waals surface area contributed by atoms with Crippen molar-refractivity contribution >= 4 is 5.97 Å². The largest absolute Gasteiger partial charge is 0.460 e. The third-order valence-electron chi connectivity index (χ3n) is 5.02. The lowest BCUT2D eigenvalue weighted by Crippen LogP contribution is -2.53. The summed E-state index contributed by atoms with van der Waals surface area (Å²) in [6.07, 6.45) is 0.878. The van der Waals surface area contributed by atoms with Gasteiger partial charge in [-0.15, -0.1) is 0 Å². The van der Waals surface area contributed by atoms with Crippen LogP contribution in [0.2, 0.25) is 0 Å². The molecule has 3 nitrogen and oxygen atoms in total. The number of benzene rings is 2. The van der Waals surface area contributed by atoms with Crippen molar-refractivity contribution in [1.29, 1.82) is 0 Å². The Balaban J connectivity index is 1.59. The summed E-state index contributed by atoms with van der Waals surface area (Å²) in [6.45, 7) is 7.58. The third kappa shape index (κ3) is 3.51. The van der Waals surface area contributed by atoms with E-state index < -0.39 is 0 Å². The molecule has 0 spiro atoms. The minimum atomic E-state index is -0.120. The number of carbonyl (C=O) groups excluding carboxylic acids is 1. The summed E-state index contributed by atoms with van der Waals surface area (Å²) in [6, 6.07) is 16.7. The molecule has 0 aromatic heterocycles. The van der Waals surface area contributed by atoms with Gasteiger partial charge in [-0.05, 0) is 43.9 Å². The smallest absolute Gasteiger partial charge is 0.323 e. The van der Waals surface area contributed by atoms with Crippen molar-refractivity contribution in [2.75, 3.05) is 6.54 Å². The van der Waals surface area contributed by atoms with Crippen molar-refractivity contribution in [1.82, 2.24) is 4.90 Å². The normalized spacial score (nSPS) is 18.7. The van der Waals surface area contributed by atoms with Gasteiger partial charge in [0.2, 0.25) is 0 Å². The van der Waals surface area contributed by atoms with E-state index >= 15 is 0 Å². The summed E-state index contributed by atoms with van der Waals surface area (Å²) >= 11 is 0. The summed E-state index contributed by atoms with van der Waals surface area (Å²) in [5, 5.41) is 0. The van der Waals surface area contributed by atoms with Gasteiger partial charge in [0.15, 0.2) is 0 Å². The third-order valence-corrected chi connectivity index (χ3v) is 5.02. The summed E-state index contributed by atoms with van der Waals surface area (Å²) < 4.78 is 5.57. The lowest BCUT2D eigenvalue weighted by atomic mass is 9.96. The lowest BCUT2D eigenvalue weighted by molar-refractivity contribution is -0.158. The van der Waals surface area contributed by atoms with E-state index in [4.69, 9.17) is 4.74 Å². The molecule has 0 bridgehead atoms. The van der Waals surface area contributed by atoms with Gasteiger partial charge >= 0.3 is 5.97 Å². The zero-order valence-corrected chi connectivity index (χ0v) is 14.7. The Morgan fingerprint density at radius 1 is 1.17 bits per heavy atom. The van der Waals surface area contributed by atoms with Crippen LogP contribution in [-0.2, 0) is 16.1 Å². The van der Waals surface area contributed by atoms with Gasteiger partial charge in [-0.2, -0.15) is 0 Å². The van der Waals surface area contributed by atoms with Crippen LogP contribution in [0.25, 0.3) is 0 Å². The van der Waals surface area contributed by atoms with Crippen LogP contribution >= 0.6 is 0 Å². The molecule has 1 heterocycles. The second kappa shape index (κ2) is 7.18. The average molecular weight is 323 g/mol. The van der Waals surface area contributed by atoms with Crippen molar-refractivity contribution in [3.05, 3.63) is 70.8 Å². The van der Waals surface area contributed by atoms with Gasteiger partial charge in [0.1, 0.15) is 12.6 Å². The van der Waals surface area contributed by atoms with Crippen LogP contribution in [0, 0.1) is 13.8 Å². The minimum absolute atomic E-state index is 0.108. The number of likely N-dealkylation sites (tertiary alicyclic amines) is 1. The van der Waals surface area contributed by atoms with Crippen LogP contribution < -0.4 is 0 Å². The van der Waals surface area contributed by atoms with E-state index in [0.717, 1.165) is 24.1 Å². The number of aryl methyl sites for hydroxylation is 2. The second-order valence-corrected chi connectivity index (χ2v) is 6.66. The molecule has 3 heteroatoms. The van der Waals surface area contributed by atoms with Gasteiger partial charge < -0.3 is 4.74 Å². The number of hydrogen-bond donors (Lipinski definition) is 0. The van der Waals surface area contributed by atoms with Crippen LogP contribution in [0.15, 0.2) is 48.5 Å². The Morgan fingerprint density at radius 2 is 1.88 bits per heavy atom. The maximum Gasteiger partial charge on any atom is 0.323 e. The monoisotopic (exact) mass is 323 g/mol. The summed E-state index contributed by atoms with van der Waals surface area (Å²) in [7, 11) is 0. The van der Waals surface area contributed by atoms with E-state index in [1.54, 1.807) is 0 Å². The highest BCUT2D eigenvalue weighted by atomic mass is 16.5. The van der Waals surface area contributed by atoms with Gasteiger partial charge in [0.05, 0.1) is 0 Å². The predicted molar refractivity (Wildman–Crippen MR) is 95.7 cm³/mol. The Kier molecular flexibility index (Phi) is 5.00. The Labute approximate surface area is 144 Å². The van der Waals surface area contributed by atoms with Crippen LogP contribution in [0.3, 0.4) is 0 Å². The van der Waals surface area contributed by atoms with Crippen molar-refractivity contribution in [2.24, 2.45) is 0 Å². The Morgan fingerprint density at radius 3 is 2.50 bits per heavy atom. The molecule has 0 N–H and O–H groups in total. The molecule has 1 saturated heterocycles. The van der Waals surface area contributed by atoms with Crippen molar-refractivity contribution < 1.29 is 9.53 Å². The SMILES string of the molecule is Cc1ccc(C(C)N2CCC2C(=O)OCc2ccccc2C)cc1. The molecule has 0 amide bonds. The molecule has 1 fully saturated rings. The zero-order valence-electron chi connectivity index (χ0n) is 14.7. The number of carbonyl (C=O) groups is 1. The lowest BCUT2D eigenvalue weighted by Gasteiger charge is -2.43. The van der Waals surface area contributed by atoms with Gasteiger partial charge in [-0.1, -0.05) is 54.1 Å². The van der Waals surface area contributed by atoms with Crippen molar-refractivity contribution in [2.45, 2.75) is 45.9 Å². The first-order chi connectivity index (χ1) is 11.6. The fourth-order valence-corrected chi connectivity index (χ4v) is 3.18. The van der Waals surface area contributed by atoms with E-state index in [1.165, 1.54) is 11.1 Å². The molecule has 0 saturated carbocycles. The van der Waals surface area contributed by atoms with E-state index in [2.05, 4.69) is 43.0 Å². The van der Waals surface area contributed by atoms with E-state index in [9.17, 15) is 4.79 Å². The van der Waals surface area contributed by atoms with Gasteiger partial charge in [-0.25, -0.2) is 0 Å². The second-order valence-electron chi connectivity index (χ2n) is 6.66. The topological polar surface area (TPSA) is 29.5 Å². The number of esters is 1. The molecule has 2 atom stereocenters. The fraction of sp³-hybridized carbons (Fsp3) is 0.381. The molecule has 126 valence electrons. The molecule has 24 heavy (non-hydrogen) atoms. The predicted octanol–water partition coefficient (Wildman–Crippen LogP) is 4.18. The van der Waals surface area contributed by atoms with Crippen LogP contribution in [-0.4, -0.2) is 23.5 Å².